The van der Waals surface area contributed by atoms with E-state index in [0.717, 1.165) is 16.8 Å². The van der Waals surface area contributed by atoms with E-state index in [9.17, 15) is 9.18 Å². The Morgan fingerprint density at radius 2 is 1.81 bits per heavy atom. The molecule has 0 aliphatic carbocycles. The van der Waals surface area contributed by atoms with Crippen LogP contribution >= 0.6 is 23.2 Å². The number of hydrogen-bond acceptors (Lipinski definition) is 3. The van der Waals surface area contributed by atoms with E-state index in [-0.39, 0.29) is 24.8 Å². The van der Waals surface area contributed by atoms with Crippen LogP contribution in [0.5, 0.6) is 0 Å². The van der Waals surface area contributed by atoms with E-state index in [1.54, 1.807) is 41.3 Å². The molecule has 1 aliphatic rings. The molecule has 0 radical (unpaired) electrons. The molecule has 1 unspecified atom stereocenters. The van der Waals surface area contributed by atoms with Gasteiger partial charge in [0.1, 0.15) is 5.82 Å². The Balaban J connectivity index is 1.53. The van der Waals surface area contributed by atoms with Crippen molar-refractivity contribution in [2.75, 3.05) is 6.54 Å². The minimum Gasteiger partial charge on any atom is -0.390 e. The third-order valence-corrected chi connectivity index (χ3v) is 5.48. The smallest absolute Gasteiger partial charge is 0.257 e. The number of rotatable bonds is 6. The highest BCUT2D eigenvalue weighted by Crippen LogP contribution is 2.22. The normalized spacial score (nSPS) is 15.3. The summed E-state index contributed by atoms with van der Waals surface area (Å²) in [6.45, 7) is 0.518. The molecule has 31 heavy (non-hydrogen) atoms. The molecule has 0 bridgehead atoms. The Labute approximate surface area is 189 Å². The fourth-order valence-corrected chi connectivity index (χ4v) is 3.80. The zero-order valence-electron chi connectivity index (χ0n) is 16.5. The van der Waals surface area contributed by atoms with Crippen molar-refractivity contribution in [2.45, 2.75) is 19.1 Å². The van der Waals surface area contributed by atoms with Gasteiger partial charge in [-0.15, -0.1) is 0 Å². The number of carbonyl (C=O) groups excluding carboxylic acids is 1. The Hall–Kier alpha value is -2.89. The molecule has 4 rings (SSSR count). The summed E-state index contributed by atoms with van der Waals surface area (Å²) < 4.78 is 14.3. The Morgan fingerprint density at radius 1 is 1.03 bits per heavy atom. The second-order valence-corrected chi connectivity index (χ2v) is 8.14. The van der Waals surface area contributed by atoms with Gasteiger partial charge in [-0.2, -0.15) is 0 Å². The van der Waals surface area contributed by atoms with Crippen LogP contribution in [0.25, 0.3) is 0 Å². The summed E-state index contributed by atoms with van der Waals surface area (Å²) in [4.78, 5) is 20.3. The molecule has 1 atom stereocenters. The summed E-state index contributed by atoms with van der Waals surface area (Å²) in [5.74, 6) is -0.976. The molecule has 3 aromatic rings. The van der Waals surface area contributed by atoms with Crippen LogP contribution in [-0.2, 0) is 11.4 Å². The summed E-state index contributed by atoms with van der Waals surface area (Å²) in [6.07, 6.45) is 0.179. The van der Waals surface area contributed by atoms with Crippen LogP contribution < -0.4 is 0 Å². The highest BCUT2D eigenvalue weighted by molar-refractivity contribution is 6.31. The first-order valence-corrected chi connectivity index (χ1v) is 10.5. The van der Waals surface area contributed by atoms with Gasteiger partial charge in [-0.05, 0) is 47.5 Å². The van der Waals surface area contributed by atoms with Crippen LogP contribution in [0.3, 0.4) is 0 Å². The van der Waals surface area contributed by atoms with Crippen LogP contribution in [0.15, 0.2) is 78.0 Å². The SMILES string of the molecule is O=C(c1ccccc1F)N(Cc1cccc(Cl)c1)CC1CC(c2ccc(Cl)cc2)=NO1. The molecule has 1 aliphatic heterocycles. The maximum atomic E-state index is 14.3. The lowest BCUT2D eigenvalue weighted by molar-refractivity contribution is 0.0402. The van der Waals surface area contributed by atoms with Crippen molar-refractivity contribution < 1.29 is 14.0 Å². The molecule has 0 saturated carbocycles. The van der Waals surface area contributed by atoms with Crippen LogP contribution in [0.1, 0.15) is 27.9 Å². The molecule has 158 valence electrons. The summed E-state index contributed by atoms with van der Waals surface area (Å²) in [5.41, 5.74) is 2.55. The van der Waals surface area contributed by atoms with E-state index in [4.69, 9.17) is 28.0 Å². The molecule has 0 saturated heterocycles. The van der Waals surface area contributed by atoms with Crippen molar-refractivity contribution in [1.82, 2.24) is 4.90 Å². The van der Waals surface area contributed by atoms with Gasteiger partial charge in [0.2, 0.25) is 0 Å². The third-order valence-electron chi connectivity index (χ3n) is 4.99. The number of hydrogen-bond donors (Lipinski definition) is 0. The van der Waals surface area contributed by atoms with Crippen LogP contribution in [0.2, 0.25) is 10.0 Å². The van der Waals surface area contributed by atoms with Crippen molar-refractivity contribution >= 4 is 34.8 Å². The van der Waals surface area contributed by atoms with E-state index >= 15 is 0 Å². The van der Waals surface area contributed by atoms with Gasteiger partial charge >= 0.3 is 0 Å². The van der Waals surface area contributed by atoms with Crippen molar-refractivity contribution in [3.8, 4) is 0 Å². The topological polar surface area (TPSA) is 41.9 Å². The molecule has 4 nitrogen and oxygen atoms in total. The Morgan fingerprint density at radius 3 is 2.55 bits per heavy atom. The molecule has 0 aromatic heterocycles. The molecule has 0 fully saturated rings. The van der Waals surface area contributed by atoms with Gasteiger partial charge in [0.05, 0.1) is 17.8 Å². The summed E-state index contributed by atoms with van der Waals surface area (Å²) >= 11 is 12.1. The number of benzene rings is 3. The second kappa shape index (κ2) is 9.50. The monoisotopic (exact) mass is 456 g/mol. The first-order valence-electron chi connectivity index (χ1n) is 9.76. The van der Waals surface area contributed by atoms with Gasteiger partial charge in [-0.25, -0.2) is 4.39 Å². The highest BCUT2D eigenvalue weighted by Gasteiger charge is 2.28. The van der Waals surface area contributed by atoms with Crippen LogP contribution in [0.4, 0.5) is 4.39 Å². The molecule has 1 heterocycles. The van der Waals surface area contributed by atoms with E-state index in [0.29, 0.717) is 16.5 Å². The second-order valence-electron chi connectivity index (χ2n) is 7.27. The largest absolute Gasteiger partial charge is 0.390 e. The minimum absolute atomic E-state index is 0.0152. The molecular formula is C24H19Cl2FN2O2. The third kappa shape index (κ3) is 5.24. The lowest BCUT2D eigenvalue weighted by atomic mass is 10.0. The minimum atomic E-state index is -0.561. The van der Waals surface area contributed by atoms with Gasteiger partial charge in [0.15, 0.2) is 6.10 Å². The first kappa shape index (κ1) is 21.3. The molecule has 3 aromatic carbocycles. The van der Waals surface area contributed by atoms with Crippen molar-refractivity contribution in [1.29, 1.82) is 0 Å². The fourth-order valence-electron chi connectivity index (χ4n) is 3.46. The van der Waals surface area contributed by atoms with E-state index in [1.165, 1.54) is 12.1 Å². The number of nitrogens with zero attached hydrogens (tertiary/aromatic N) is 2. The molecule has 0 spiro atoms. The molecular weight excluding hydrogens is 438 g/mol. The molecule has 7 heteroatoms. The number of carbonyl (C=O) groups is 1. The van der Waals surface area contributed by atoms with E-state index < -0.39 is 11.7 Å². The number of oxime groups is 1. The Bertz CT molecular complexity index is 1120. The lowest BCUT2D eigenvalue weighted by Crippen LogP contribution is -2.37. The Kier molecular flexibility index (Phi) is 6.54. The summed E-state index contributed by atoms with van der Waals surface area (Å²) in [5, 5.41) is 5.39. The zero-order valence-corrected chi connectivity index (χ0v) is 18.0. The molecule has 0 N–H and O–H groups in total. The standard InChI is InChI=1S/C24H19Cl2FN2O2/c25-18-10-8-17(9-11-18)23-13-20(31-28-23)15-29(14-16-4-3-5-19(26)12-16)24(30)21-6-1-2-7-22(21)27/h1-12,20H,13-15H2. The van der Waals surface area contributed by atoms with Crippen molar-refractivity contribution in [2.24, 2.45) is 5.16 Å². The predicted molar refractivity (Wildman–Crippen MR) is 120 cm³/mol. The van der Waals surface area contributed by atoms with Gasteiger partial charge in [-0.3, -0.25) is 4.79 Å². The quantitative estimate of drug-likeness (QED) is 0.458. The number of halogens is 3. The summed E-state index contributed by atoms with van der Waals surface area (Å²) in [6, 6.07) is 20.5. The maximum Gasteiger partial charge on any atom is 0.257 e. The van der Waals surface area contributed by atoms with Crippen LogP contribution in [-0.4, -0.2) is 29.2 Å². The first-order chi connectivity index (χ1) is 15.0. The van der Waals surface area contributed by atoms with Gasteiger partial charge in [0, 0.05) is 23.0 Å². The van der Waals surface area contributed by atoms with Gasteiger partial charge in [0.25, 0.3) is 5.91 Å². The average molecular weight is 457 g/mol. The van der Waals surface area contributed by atoms with Crippen molar-refractivity contribution in [3.63, 3.8) is 0 Å². The van der Waals surface area contributed by atoms with Gasteiger partial charge < -0.3 is 9.74 Å². The maximum absolute atomic E-state index is 14.3. The van der Waals surface area contributed by atoms with E-state index in [1.807, 2.05) is 24.3 Å². The lowest BCUT2D eigenvalue weighted by Gasteiger charge is -2.25. The highest BCUT2D eigenvalue weighted by atomic mass is 35.5. The fraction of sp³-hybridized carbons (Fsp3) is 0.167. The molecule has 1 amide bonds. The zero-order chi connectivity index (χ0) is 21.8. The van der Waals surface area contributed by atoms with Gasteiger partial charge in [-0.1, -0.05) is 64.8 Å². The van der Waals surface area contributed by atoms with E-state index in [2.05, 4.69) is 5.16 Å². The number of amides is 1. The van der Waals surface area contributed by atoms with Crippen LogP contribution in [0, 0.1) is 5.82 Å². The average Bonchev–Trinajstić information content (AvgIpc) is 3.22. The summed E-state index contributed by atoms with van der Waals surface area (Å²) in [7, 11) is 0. The van der Waals surface area contributed by atoms with Crippen molar-refractivity contribution in [3.05, 3.63) is 105 Å². The predicted octanol–water partition coefficient (Wildman–Crippen LogP) is 5.97.